The smallest absolute Gasteiger partial charge is 0.261 e. The summed E-state index contributed by atoms with van der Waals surface area (Å²) in [6, 6.07) is 7.17. The van der Waals surface area contributed by atoms with Crippen LogP contribution < -0.4 is 19.9 Å². The SMILES string of the molecule is Cc1cc(S(N)(=O)=O)sc1C(=O)NCCOc1cccc2c1OC(C)(C)C2. The number of rotatable bonds is 6. The van der Waals surface area contributed by atoms with Crippen molar-refractivity contribution in [2.75, 3.05) is 13.2 Å². The van der Waals surface area contributed by atoms with Gasteiger partial charge in [0.2, 0.25) is 10.0 Å². The van der Waals surface area contributed by atoms with Gasteiger partial charge in [0.15, 0.2) is 11.5 Å². The highest BCUT2D eigenvalue weighted by atomic mass is 32.2. The van der Waals surface area contributed by atoms with Crippen LogP contribution in [0.2, 0.25) is 0 Å². The molecule has 27 heavy (non-hydrogen) atoms. The highest BCUT2D eigenvalue weighted by Gasteiger charge is 2.32. The summed E-state index contributed by atoms with van der Waals surface area (Å²) in [5, 5.41) is 7.84. The van der Waals surface area contributed by atoms with E-state index in [1.807, 2.05) is 32.0 Å². The van der Waals surface area contributed by atoms with E-state index >= 15 is 0 Å². The van der Waals surface area contributed by atoms with E-state index in [0.717, 1.165) is 29.1 Å². The van der Waals surface area contributed by atoms with Crippen molar-refractivity contribution in [3.05, 3.63) is 40.3 Å². The average molecular weight is 411 g/mol. The zero-order valence-corrected chi connectivity index (χ0v) is 17.0. The second-order valence-electron chi connectivity index (χ2n) is 7.01. The van der Waals surface area contributed by atoms with E-state index in [2.05, 4.69) is 5.32 Å². The lowest BCUT2D eigenvalue weighted by atomic mass is 10.0. The fraction of sp³-hybridized carbons (Fsp3) is 0.389. The van der Waals surface area contributed by atoms with Crippen LogP contribution in [0.15, 0.2) is 28.5 Å². The van der Waals surface area contributed by atoms with Crippen LogP contribution in [0.5, 0.6) is 11.5 Å². The van der Waals surface area contributed by atoms with Gasteiger partial charge < -0.3 is 14.8 Å². The molecule has 0 fully saturated rings. The molecule has 0 aliphatic carbocycles. The van der Waals surface area contributed by atoms with Gasteiger partial charge in [0, 0.05) is 12.0 Å². The number of hydrogen-bond acceptors (Lipinski definition) is 6. The Hall–Kier alpha value is -2.10. The Labute approximate surface area is 162 Å². The molecule has 2 aromatic rings. The van der Waals surface area contributed by atoms with Gasteiger partial charge in [0.05, 0.1) is 11.4 Å². The fourth-order valence-electron chi connectivity index (χ4n) is 2.93. The van der Waals surface area contributed by atoms with Crippen molar-refractivity contribution >= 4 is 27.3 Å². The zero-order valence-electron chi connectivity index (χ0n) is 15.4. The number of ether oxygens (including phenoxy) is 2. The number of amides is 1. The number of aryl methyl sites for hydroxylation is 1. The summed E-state index contributed by atoms with van der Waals surface area (Å²) in [6.45, 7) is 6.25. The molecule has 1 aromatic carbocycles. The lowest BCUT2D eigenvalue weighted by molar-refractivity contribution is 0.0949. The maximum atomic E-state index is 12.3. The third-order valence-corrected chi connectivity index (χ3v) is 6.74. The van der Waals surface area contributed by atoms with E-state index in [9.17, 15) is 13.2 Å². The highest BCUT2D eigenvalue weighted by Crippen LogP contribution is 2.41. The molecule has 1 aliphatic rings. The molecule has 0 atom stereocenters. The molecule has 0 spiro atoms. The maximum Gasteiger partial charge on any atom is 0.261 e. The zero-order chi connectivity index (χ0) is 19.8. The predicted octanol–water partition coefficient (Wildman–Crippen LogP) is 2.23. The second kappa shape index (κ2) is 7.14. The average Bonchev–Trinajstić information content (AvgIpc) is 3.09. The Balaban J connectivity index is 1.57. The van der Waals surface area contributed by atoms with Crippen LogP contribution in [0.25, 0.3) is 0 Å². The molecule has 0 bridgehead atoms. The standard InChI is InChI=1S/C18H22N2O5S2/c1-11-9-14(27(19,22)23)26-16(11)17(21)20-7-8-24-13-6-4-5-12-10-18(2,3)25-15(12)13/h4-6,9H,7-8,10H2,1-3H3,(H,20,21)(H2,19,22,23). The Morgan fingerprint density at radius 3 is 2.81 bits per heavy atom. The van der Waals surface area contributed by atoms with Gasteiger partial charge in [-0.2, -0.15) is 0 Å². The summed E-state index contributed by atoms with van der Waals surface area (Å²) in [4.78, 5) is 12.6. The fourth-order valence-corrected chi connectivity index (χ4v) is 4.80. The lowest BCUT2D eigenvalue weighted by Gasteiger charge is -2.18. The van der Waals surface area contributed by atoms with E-state index in [1.54, 1.807) is 6.92 Å². The summed E-state index contributed by atoms with van der Waals surface area (Å²) >= 11 is 0.859. The normalized spacial score (nSPS) is 15.1. The number of para-hydroxylation sites is 1. The molecule has 146 valence electrons. The second-order valence-corrected chi connectivity index (χ2v) is 9.85. The Morgan fingerprint density at radius 1 is 1.41 bits per heavy atom. The van der Waals surface area contributed by atoms with Gasteiger partial charge in [0.1, 0.15) is 16.4 Å². The molecule has 3 N–H and O–H groups in total. The molecular weight excluding hydrogens is 388 g/mol. The molecule has 1 aliphatic heterocycles. The van der Waals surface area contributed by atoms with Gasteiger partial charge in [-0.15, -0.1) is 11.3 Å². The van der Waals surface area contributed by atoms with Gasteiger partial charge >= 0.3 is 0 Å². The van der Waals surface area contributed by atoms with Crippen molar-refractivity contribution in [2.24, 2.45) is 5.14 Å². The summed E-state index contributed by atoms with van der Waals surface area (Å²) < 4.78 is 34.5. The molecule has 9 heteroatoms. The first-order valence-electron chi connectivity index (χ1n) is 8.42. The monoisotopic (exact) mass is 410 g/mol. The highest BCUT2D eigenvalue weighted by molar-refractivity contribution is 7.91. The van der Waals surface area contributed by atoms with E-state index < -0.39 is 10.0 Å². The van der Waals surface area contributed by atoms with Crippen LogP contribution in [-0.2, 0) is 16.4 Å². The molecule has 1 amide bonds. The van der Waals surface area contributed by atoms with Crippen LogP contribution in [0.1, 0.15) is 34.6 Å². The number of carbonyl (C=O) groups excluding carboxylic acids is 1. The molecular formula is C18H22N2O5S2. The molecule has 2 heterocycles. The first-order valence-corrected chi connectivity index (χ1v) is 10.8. The number of fused-ring (bicyclic) bond motifs is 1. The van der Waals surface area contributed by atoms with Crippen LogP contribution >= 0.6 is 11.3 Å². The maximum absolute atomic E-state index is 12.3. The Kier molecular flexibility index (Phi) is 5.20. The van der Waals surface area contributed by atoms with Gasteiger partial charge in [0.25, 0.3) is 5.91 Å². The minimum absolute atomic E-state index is 0.0268. The number of primary sulfonamides is 1. The van der Waals surface area contributed by atoms with Crippen molar-refractivity contribution < 1.29 is 22.7 Å². The van der Waals surface area contributed by atoms with E-state index in [1.165, 1.54) is 6.07 Å². The predicted molar refractivity (Wildman–Crippen MR) is 103 cm³/mol. The van der Waals surface area contributed by atoms with Crippen LogP contribution in [0.3, 0.4) is 0 Å². The van der Waals surface area contributed by atoms with Crippen molar-refractivity contribution in [3.63, 3.8) is 0 Å². The molecule has 3 rings (SSSR count). The van der Waals surface area contributed by atoms with Crippen LogP contribution in [-0.4, -0.2) is 33.1 Å². The van der Waals surface area contributed by atoms with Gasteiger partial charge in [-0.3, -0.25) is 4.79 Å². The van der Waals surface area contributed by atoms with E-state index in [0.29, 0.717) is 16.2 Å². The molecule has 0 unspecified atom stereocenters. The number of nitrogens with two attached hydrogens (primary N) is 1. The summed E-state index contributed by atoms with van der Waals surface area (Å²) in [5.41, 5.74) is 1.42. The molecule has 0 saturated heterocycles. The molecule has 7 nitrogen and oxygen atoms in total. The number of carbonyl (C=O) groups is 1. The van der Waals surface area contributed by atoms with Gasteiger partial charge in [-0.1, -0.05) is 12.1 Å². The number of nitrogens with one attached hydrogen (secondary N) is 1. The minimum atomic E-state index is -3.81. The first-order chi connectivity index (χ1) is 12.6. The number of hydrogen-bond donors (Lipinski definition) is 2. The summed E-state index contributed by atoms with van der Waals surface area (Å²) in [5.74, 6) is 1.04. The largest absolute Gasteiger partial charge is 0.488 e. The lowest BCUT2D eigenvalue weighted by Crippen LogP contribution is -2.28. The van der Waals surface area contributed by atoms with Gasteiger partial charge in [-0.25, -0.2) is 13.6 Å². The van der Waals surface area contributed by atoms with E-state index in [-0.39, 0.29) is 28.9 Å². The number of sulfonamides is 1. The molecule has 1 aromatic heterocycles. The summed E-state index contributed by atoms with van der Waals surface area (Å²) in [7, 11) is -3.81. The number of benzene rings is 1. The van der Waals surface area contributed by atoms with Crippen molar-refractivity contribution in [1.82, 2.24) is 5.32 Å². The third kappa shape index (κ3) is 4.42. The minimum Gasteiger partial charge on any atom is -0.488 e. The quantitative estimate of drug-likeness (QED) is 0.710. The molecule has 0 radical (unpaired) electrons. The van der Waals surface area contributed by atoms with Crippen LogP contribution in [0, 0.1) is 6.92 Å². The summed E-state index contributed by atoms with van der Waals surface area (Å²) in [6.07, 6.45) is 0.820. The van der Waals surface area contributed by atoms with Gasteiger partial charge in [-0.05, 0) is 38.5 Å². The first kappa shape index (κ1) is 19.7. The Bertz CT molecular complexity index is 980. The molecule has 0 saturated carbocycles. The van der Waals surface area contributed by atoms with Crippen molar-refractivity contribution in [2.45, 2.75) is 37.0 Å². The number of thiophene rings is 1. The van der Waals surface area contributed by atoms with E-state index in [4.69, 9.17) is 14.6 Å². The topological polar surface area (TPSA) is 108 Å². The van der Waals surface area contributed by atoms with Crippen molar-refractivity contribution in [3.8, 4) is 11.5 Å². The van der Waals surface area contributed by atoms with Crippen molar-refractivity contribution in [1.29, 1.82) is 0 Å². The Morgan fingerprint density at radius 2 is 2.15 bits per heavy atom. The van der Waals surface area contributed by atoms with Crippen LogP contribution in [0.4, 0.5) is 0 Å². The third-order valence-electron chi connectivity index (χ3n) is 4.08.